The van der Waals surface area contributed by atoms with Crippen molar-refractivity contribution in [2.45, 2.75) is 25.5 Å². The van der Waals surface area contributed by atoms with Crippen LogP contribution >= 0.6 is 11.8 Å². The fourth-order valence-corrected chi connectivity index (χ4v) is 3.99. The van der Waals surface area contributed by atoms with E-state index in [0.29, 0.717) is 0 Å². The first-order valence-electron chi connectivity index (χ1n) is 9.14. The molecule has 4 aromatic rings. The molecule has 2 N–H and O–H groups in total. The summed E-state index contributed by atoms with van der Waals surface area (Å²) >= 11 is 1.39. The molecular weight excluding hydrogens is 370 g/mol. The number of benzene rings is 2. The molecule has 2 aromatic carbocycles. The fourth-order valence-electron chi connectivity index (χ4n) is 3.19. The van der Waals surface area contributed by atoms with Gasteiger partial charge in [-0.1, -0.05) is 42.1 Å². The van der Waals surface area contributed by atoms with Crippen molar-refractivity contribution in [3.63, 3.8) is 0 Å². The lowest BCUT2D eigenvalue weighted by atomic mass is 10.1. The summed E-state index contributed by atoms with van der Waals surface area (Å²) in [5.41, 5.74) is 4.00. The zero-order valence-electron chi connectivity index (χ0n) is 15.8. The molecule has 2 aromatic heterocycles. The summed E-state index contributed by atoms with van der Waals surface area (Å²) in [7, 11) is 0. The highest BCUT2D eigenvalue weighted by Crippen LogP contribution is 2.29. The molecule has 142 valence electrons. The Kier molecular flexibility index (Phi) is 5.16. The number of H-pyrrole nitrogens is 1. The number of amides is 1. The number of para-hydroxylation sites is 1. The van der Waals surface area contributed by atoms with Gasteiger partial charge in [0.15, 0.2) is 11.0 Å². The van der Waals surface area contributed by atoms with Crippen molar-refractivity contribution in [1.82, 2.24) is 19.7 Å². The molecule has 0 saturated heterocycles. The Labute approximate surface area is 167 Å². The number of nitrogens with one attached hydrogen (secondary N) is 2. The molecule has 0 bridgehead atoms. The average Bonchev–Trinajstić information content (AvgIpc) is 3.29. The van der Waals surface area contributed by atoms with E-state index < -0.39 is 0 Å². The van der Waals surface area contributed by atoms with Crippen LogP contribution in [0.5, 0.6) is 0 Å². The molecule has 7 heteroatoms. The number of anilines is 1. The molecule has 0 radical (unpaired) electrons. The van der Waals surface area contributed by atoms with Gasteiger partial charge in [-0.3, -0.25) is 4.79 Å². The minimum atomic E-state index is -0.0603. The highest BCUT2D eigenvalue weighted by Gasteiger charge is 2.17. The van der Waals surface area contributed by atoms with E-state index in [1.807, 2.05) is 60.2 Å². The predicted octanol–water partition coefficient (Wildman–Crippen LogP) is 4.49. The van der Waals surface area contributed by atoms with E-state index in [1.165, 1.54) is 11.8 Å². The van der Waals surface area contributed by atoms with Crippen LogP contribution in [0.1, 0.15) is 12.5 Å². The first kappa shape index (κ1) is 18.3. The highest BCUT2D eigenvalue weighted by molar-refractivity contribution is 7.99. The Morgan fingerprint density at radius 1 is 1.18 bits per heavy atom. The number of hydrogen-bond donors (Lipinski definition) is 2. The van der Waals surface area contributed by atoms with Crippen LogP contribution in [0, 0.1) is 6.92 Å². The van der Waals surface area contributed by atoms with Crippen molar-refractivity contribution in [2.24, 2.45) is 0 Å². The minimum absolute atomic E-state index is 0.0603. The molecule has 0 aliphatic rings. The van der Waals surface area contributed by atoms with E-state index in [4.69, 9.17) is 0 Å². The van der Waals surface area contributed by atoms with E-state index in [-0.39, 0.29) is 11.7 Å². The topological polar surface area (TPSA) is 75.6 Å². The van der Waals surface area contributed by atoms with E-state index in [1.54, 1.807) is 0 Å². The number of aromatic amines is 1. The second-order valence-corrected chi connectivity index (χ2v) is 7.45. The maximum absolute atomic E-state index is 12.3. The molecule has 4 rings (SSSR count). The molecule has 6 nitrogen and oxygen atoms in total. The van der Waals surface area contributed by atoms with Crippen molar-refractivity contribution in [2.75, 3.05) is 11.1 Å². The Hall–Kier alpha value is -3.06. The maximum Gasteiger partial charge on any atom is 0.234 e. The van der Waals surface area contributed by atoms with Crippen molar-refractivity contribution < 1.29 is 4.79 Å². The number of aromatic nitrogens is 4. The maximum atomic E-state index is 12.3. The SMILES string of the molecule is CCn1c(SCC(=O)Nc2cccc(C)c2)nnc1-c1c[nH]c2ccccc12. The fraction of sp³-hybridized carbons (Fsp3) is 0.190. The lowest BCUT2D eigenvalue weighted by Gasteiger charge is -2.08. The van der Waals surface area contributed by atoms with Gasteiger partial charge in [-0.2, -0.15) is 0 Å². The quantitative estimate of drug-likeness (QED) is 0.475. The van der Waals surface area contributed by atoms with Gasteiger partial charge in [-0.05, 0) is 37.6 Å². The average molecular weight is 392 g/mol. The van der Waals surface area contributed by atoms with Crippen LogP contribution in [-0.2, 0) is 11.3 Å². The summed E-state index contributed by atoms with van der Waals surface area (Å²) in [6.07, 6.45) is 1.96. The van der Waals surface area contributed by atoms with Crippen LogP contribution in [0.4, 0.5) is 5.69 Å². The zero-order chi connectivity index (χ0) is 19.5. The molecule has 0 saturated carbocycles. The number of hydrogen-bond acceptors (Lipinski definition) is 4. The van der Waals surface area contributed by atoms with Gasteiger partial charge in [-0.15, -0.1) is 10.2 Å². The Morgan fingerprint density at radius 2 is 2.04 bits per heavy atom. The van der Waals surface area contributed by atoms with Gasteiger partial charge in [0.2, 0.25) is 5.91 Å². The molecule has 2 heterocycles. The monoisotopic (exact) mass is 391 g/mol. The van der Waals surface area contributed by atoms with Gasteiger partial charge in [0, 0.05) is 34.9 Å². The summed E-state index contributed by atoms with van der Waals surface area (Å²) in [5, 5.41) is 13.5. The molecule has 0 unspecified atom stereocenters. The van der Waals surface area contributed by atoms with Crippen molar-refractivity contribution in [1.29, 1.82) is 0 Å². The second kappa shape index (κ2) is 7.90. The number of fused-ring (bicyclic) bond motifs is 1. The standard InChI is InChI=1S/C21H21N5OS/c1-3-26-20(17-12-22-18-10-5-4-9-16(17)18)24-25-21(26)28-13-19(27)23-15-8-6-7-14(2)11-15/h4-12,22H,3,13H2,1-2H3,(H,23,27). The Balaban J connectivity index is 1.51. The van der Waals surface area contributed by atoms with E-state index in [2.05, 4.69) is 33.5 Å². The summed E-state index contributed by atoms with van der Waals surface area (Å²) in [5.74, 6) is 1.02. The Bertz CT molecular complexity index is 1130. The number of rotatable bonds is 6. The largest absolute Gasteiger partial charge is 0.360 e. The smallest absolute Gasteiger partial charge is 0.234 e. The number of aryl methyl sites for hydroxylation is 1. The van der Waals surface area contributed by atoms with Gasteiger partial charge in [0.25, 0.3) is 0 Å². The molecule has 0 fully saturated rings. The van der Waals surface area contributed by atoms with Crippen molar-refractivity contribution in [3.05, 3.63) is 60.3 Å². The van der Waals surface area contributed by atoms with E-state index in [0.717, 1.165) is 45.2 Å². The van der Waals surface area contributed by atoms with Crippen LogP contribution in [0.3, 0.4) is 0 Å². The molecule has 0 aliphatic carbocycles. The lowest BCUT2D eigenvalue weighted by molar-refractivity contribution is -0.113. The molecular formula is C21H21N5OS. The van der Waals surface area contributed by atoms with Crippen LogP contribution in [0.2, 0.25) is 0 Å². The van der Waals surface area contributed by atoms with Gasteiger partial charge in [0.05, 0.1) is 5.75 Å². The molecule has 0 aliphatic heterocycles. The number of carbonyl (C=O) groups is 1. The molecule has 0 atom stereocenters. The molecule has 28 heavy (non-hydrogen) atoms. The van der Waals surface area contributed by atoms with Gasteiger partial charge >= 0.3 is 0 Å². The van der Waals surface area contributed by atoms with Crippen LogP contribution in [-0.4, -0.2) is 31.4 Å². The van der Waals surface area contributed by atoms with E-state index >= 15 is 0 Å². The lowest BCUT2D eigenvalue weighted by Crippen LogP contribution is -2.14. The summed E-state index contributed by atoms with van der Waals surface area (Å²) in [6, 6.07) is 15.9. The van der Waals surface area contributed by atoms with Gasteiger partial charge in [0.1, 0.15) is 0 Å². The third-order valence-corrected chi connectivity index (χ3v) is 5.46. The normalized spacial score (nSPS) is 11.1. The van der Waals surface area contributed by atoms with Crippen LogP contribution in [0.15, 0.2) is 59.9 Å². The predicted molar refractivity (Wildman–Crippen MR) is 114 cm³/mol. The first-order chi connectivity index (χ1) is 13.7. The van der Waals surface area contributed by atoms with Crippen molar-refractivity contribution in [3.8, 4) is 11.4 Å². The second-order valence-electron chi connectivity index (χ2n) is 6.50. The summed E-state index contributed by atoms with van der Waals surface area (Å²) in [6.45, 7) is 4.78. The molecule has 0 spiro atoms. The Morgan fingerprint density at radius 3 is 2.86 bits per heavy atom. The summed E-state index contributed by atoms with van der Waals surface area (Å²) in [4.78, 5) is 15.6. The van der Waals surface area contributed by atoms with Crippen LogP contribution in [0.25, 0.3) is 22.3 Å². The first-order valence-corrected chi connectivity index (χ1v) is 10.1. The van der Waals surface area contributed by atoms with Gasteiger partial charge < -0.3 is 14.9 Å². The number of carbonyl (C=O) groups excluding carboxylic acids is 1. The minimum Gasteiger partial charge on any atom is -0.360 e. The highest BCUT2D eigenvalue weighted by atomic mass is 32.2. The van der Waals surface area contributed by atoms with Gasteiger partial charge in [-0.25, -0.2) is 0 Å². The van der Waals surface area contributed by atoms with Crippen LogP contribution < -0.4 is 5.32 Å². The van der Waals surface area contributed by atoms with Crippen molar-refractivity contribution >= 4 is 34.3 Å². The molecule has 1 amide bonds. The zero-order valence-corrected chi connectivity index (χ0v) is 16.6. The number of nitrogens with zero attached hydrogens (tertiary/aromatic N) is 3. The summed E-state index contributed by atoms with van der Waals surface area (Å²) < 4.78 is 2.04. The third-order valence-electron chi connectivity index (χ3n) is 4.50. The third kappa shape index (κ3) is 3.66. The van der Waals surface area contributed by atoms with E-state index in [9.17, 15) is 4.79 Å². The number of thioether (sulfide) groups is 1.